The first-order valence-corrected chi connectivity index (χ1v) is 13.3. The Morgan fingerprint density at radius 2 is 1.89 bits per heavy atom. The van der Waals surface area contributed by atoms with Crippen LogP contribution in [-0.4, -0.2) is 51.6 Å². The normalized spacial score (nSPS) is 16.8. The highest BCUT2D eigenvalue weighted by atomic mass is 35.5. The molecule has 2 aromatic heterocycles. The number of carbonyl (C=O) groups excluding carboxylic acids is 2. The van der Waals surface area contributed by atoms with E-state index < -0.39 is 0 Å². The second-order valence-electron chi connectivity index (χ2n) is 9.97. The van der Waals surface area contributed by atoms with Gasteiger partial charge in [-0.3, -0.25) is 19.7 Å². The van der Waals surface area contributed by atoms with Crippen LogP contribution in [-0.2, 0) is 4.79 Å². The molecule has 4 aromatic rings. The van der Waals surface area contributed by atoms with E-state index in [1.165, 1.54) is 0 Å². The topological polar surface area (TPSA) is 100 Å². The molecule has 6 rings (SSSR count). The van der Waals surface area contributed by atoms with E-state index in [0.29, 0.717) is 22.2 Å². The van der Waals surface area contributed by atoms with E-state index in [1.807, 2.05) is 42.5 Å². The number of aromatic amines is 1. The maximum Gasteiger partial charge on any atom is 0.251 e. The van der Waals surface area contributed by atoms with Crippen LogP contribution in [0, 0.1) is 5.92 Å². The van der Waals surface area contributed by atoms with Crippen LogP contribution in [0.15, 0.2) is 60.8 Å². The van der Waals surface area contributed by atoms with Gasteiger partial charge in [0.25, 0.3) is 5.91 Å². The molecule has 9 heteroatoms. The zero-order chi connectivity index (χ0) is 26.1. The molecule has 194 valence electrons. The third kappa shape index (κ3) is 5.09. The molecule has 1 aliphatic carbocycles. The molecule has 0 radical (unpaired) electrons. The molecule has 0 bridgehead atoms. The van der Waals surface area contributed by atoms with Gasteiger partial charge < -0.3 is 15.0 Å². The SMILES string of the molecule is O=CN1CCC(Oc2ccc(-c3n[nH]c4ccc(C(=O)N[C@H](c5ncccc5Cl)C5CC5)cc34)cc2)CC1. The van der Waals surface area contributed by atoms with Gasteiger partial charge in [0, 0.05) is 48.6 Å². The van der Waals surface area contributed by atoms with Gasteiger partial charge in [-0.05, 0) is 73.4 Å². The number of benzene rings is 2. The summed E-state index contributed by atoms with van der Waals surface area (Å²) < 4.78 is 6.13. The fourth-order valence-corrected chi connectivity index (χ4v) is 5.29. The second-order valence-corrected chi connectivity index (χ2v) is 10.4. The standard InChI is InChI=1S/C29H28ClN5O3/c30-24-2-1-13-31-28(24)27(19-3-4-19)32-29(37)20-7-10-25-23(16-20)26(34-33-25)18-5-8-21(9-6-18)38-22-11-14-35(17-36)15-12-22/h1-2,5-10,13,16-17,19,22,27H,3-4,11-12,14-15H2,(H,32,37)(H,33,34)/t27-/m0/s1. The largest absolute Gasteiger partial charge is 0.490 e. The van der Waals surface area contributed by atoms with E-state index >= 15 is 0 Å². The van der Waals surface area contributed by atoms with Gasteiger partial charge in [0.15, 0.2) is 0 Å². The number of aromatic nitrogens is 3. The van der Waals surface area contributed by atoms with Crippen molar-refractivity contribution < 1.29 is 14.3 Å². The number of nitrogens with one attached hydrogen (secondary N) is 2. The average molecular weight is 530 g/mol. The highest BCUT2D eigenvalue weighted by Crippen LogP contribution is 2.42. The number of pyridine rings is 1. The fourth-order valence-electron chi connectivity index (χ4n) is 5.05. The molecular formula is C29H28ClN5O3. The summed E-state index contributed by atoms with van der Waals surface area (Å²) in [5, 5.41) is 12.2. The van der Waals surface area contributed by atoms with E-state index in [-0.39, 0.29) is 18.1 Å². The first-order chi connectivity index (χ1) is 18.6. The lowest BCUT2D eigenvalue weighted by Crippen LogP contribution is -2.37. The molecule has 0 spiro atoms. The van der Waals surface area contributed by atoms with E-state index in [2.05, 4.69) is 20.5 Å². The van der Waals surface area contributed by atoms with Crippen LogP contribution < -0.4 is 10.1 Å². The molecule has 2 fully saturated rings. The molecule has 3 heterocycles. The second kappa shape index (κ2) is 10.5. The first kappa shape index (κ1) is 24.4. The van der Waals surface area contributed by atoms with Crippen LogP contribution in [0.4, 0.5) is 0 Å². The molecule has 1 saturated carbocycles. The molecule has 1 saturated heterocycles. The van der Waals surface area contributed by atoms with E-state index in [0.717, 1.165) is 73.1 Å². The Labute approximate surface area is 225 Å². The summed E-state index contributed by atoms with van der Waals surface area (Å²) in [5.41, 5.74) is 3.82. The molecule has 2 aromatic carbocycles. The van der Waals surface area contributed by atoms with Crippen molar-refractivity contribution in [1.82, 2.24) is 25.4 Å². The smallest absolute Gasteiger partial charge is 0.251 e. The van der Waals surface area contributed by atoms with Crippen LogP contribution >= 0.6 is 11.6 Å². The summed E-state index contributed by atoms with van der Waals surface area (Å²) in [4.78, 5) is 30.5. The van der Waals surface area contributed by atoms with Crippen molar-refractivity contribution in [3.63, 3.8) is 0 Å². The molecule has 2 amide bonds. The summed E-state index contributed by atoms with van der Waals surface area (Å²) in [6, 6.07) is 16.8. The monoisotopic (exact) mass is 529 g/mol. The van der Waals surface area contributed by atoms with Crippen molar-refractivity contribution in [2.24, 2.45) is 5.92 Å². The third-order valence-corrected chi connectivity index (χ3v) is 7.66. The van der Waals surface area contributed by atoms with Crippen molar-refractivity contribution in [3.8, 4) is 17.0 Å². The van der Waals surface area contributed by atoms with Gasteiger partial charge in [0.05, 0.1) is 28.0 Å². The van der Waals surface area contributed by atoms with Crippen molar-refractivity contribution >= 4 is 34.8 Å². The minimum Gasteiger partial charge on any atom is -0.490 e. The Bertz CT molecular complexity index is 1460. The zero-order valence-corrected chi connectivity index (χ0v) is 21.5. The molecule has 1 aliphatic heterocycles. The van der Waals surface area contributed by atoms with Crippen molar-refractivity contribution in [1.29, 1.82) is 0 Å². The Morgan fingerprint density at radius 1 is 1.11 bits per heavy atom. The number of rotatable bonds is 8. The number of hydrogen-bond donors (Lipinski definition) is 2. The van der Waals surface area contributed by atoms with Crippen LogP contribution in [0.5, 0.6) is 5.75 Å². The molecular weight excluding hydrogens is 502 g/mol. The predicted octanol–water partition coefficient (Wildman–Crippen LogP) is 5.16. The van der Waals surface area contributed by atoms with Crippen LogP contribution in [0.1, 0.15) is 47.8 Å². The lowest BCUT2D eigenvalue weighted by molar-refractivity contribution is -0.119. The molecule has 1 atom stereocenters. The van der Waals surface area contributed by atoms with Gasteiger partial charge in [-0.15, -0.1) is 0 Å². The van der Waals surface area contributed by atoms with E-state index in [9.17, 15) is 9.59 Å². The maximum atomic E-state index is 13.3. The van der Waals surface area contributed by atoms with Gasteiger partial charge in [0.1, 0.15) is 11.9 Å². The Balaban J connectivity index is 1.19. The zero-order valence-electron chi connectivity index (χ0n) is 20.8. The predicted molar refractivity (Wildman–Crippen MR) is 145 cm³/mol. The molecule has 2 aliphatic rings. The van der Waals surface area contributed by atoms with Crippen LogP contribution in [0.2, 0.25) is 5.02 Å². The van der Waals surface area contributed by atoms with Gasteiger partial charge in [-0.1, -0.05) is 11.6 Å². The number of amides is 2. The number of carbonyl (C=O) groups is 2. The summed E-state index contributed by atoms with van der Waals surface area (Å²) in [7, 11) is 0. The van der Waals surface area contributed by atoms with Crippen LogP contribution in [0.25, 0.3) is 22.2 Å². The van der Waals surface area contributed by atoms with E-state index in [4.69, 9.17) is 16.3 Å². The van der Waals surface area contributed by atoms with Crippen LogP contribution in [0.3, 0.4) is 0 Å². The maximum absolute atomic E-state index is 13.3. The number of piperidine rings is 1. The van der Waals surface area contributed by atoms with Gasteiger partial charge in [-0.2, -0.15) is 5.10 Å². The summed E-state index contributed by atoms with van der Waals surface area (Å²) in [6.45, 7) is 1.44. The number of likely N-dealkylation sites (tertiary alicyclic amines) is 1. The average Bonchev–Trinajstić information content (AvgIpc) is 3.71. The number of fused-ring (bicyclic) bond motifs is 1. The molecule has 38 heavy (non-hydrogen) atoms. The van der Waals surface area contributed by atoms with Gasteiger partial charge in [0.2, 0.25) is 6.41 Å². The fraction of sp³-hybridized carbons (Fsp3) is 0.310. The highest BCUT2D eigenvalue weighted by Gasteiger charge is 2.35. The van der Waals surface area contributed by atoms with Crippen molar-refractivity contribution in [2.45, 2.75) is 37.8 Å². The Morgan fingerprint density at radius 3 is 2.61 bits per heavy atom. The van der Waals surface area contributed by atoms with Gasteiger partial charge in [-0.25, -0.2) is 0 Å². The van der Waals surface area contributed by atoms with Gasteiger partial charge >= 0.3 is 0 Å². The Kier molecular flexibility index (Phi) is 6.72. The minimum atomic E-state index is -0.214. The number of ether oxygens (including phenoxy) is 1. The summed E-state index contributed by atoms with van der Waals surface area (Å²) in [5.74, 6) is 0.970. The highest BCUT2D eigenvalue weighted by molar-refractivity contribution is 6.31. The summed E-state index contributed by atoms with van der Waals surface area (Å²) in [6.07, 6.45) is 6.44. The van der Waals surface area contributed by atoms with Crippen molar-refractivity contribution in [3.05, 3.63) is 77.1 Å². The minimum absolute atomic E-state index is 0.102. The van der Waals surface area contributed by atoms with E-state index in [1.54, 1.807) is 23.2 Å². The number of H-pyrrole nitrogens is 1. The quantitative estimate of drug-likeness (QED) is 0.307. The molecule has 0 unspecified atom stereocenters. The first-order valence-electron chi connectivity index (χ1n) is 12.9. The lowest BCUT2D eigenvalue weighted by atomic mass is 10.0. The third-order valence-electron chi connectivity index (χ3n) is 7.34. The number of nitrogens with zero attached hydrogens (tertiary/aromatic N) is 3. The molecule has 8 nitrogen and oxygen atoms in total. The summed E-state index contributed by atoms with van der Waals surface area (Å²) >= 11 is 6.40. The molecule has 2 N–H and O–H groups in total. The van der Waals surface area contributed by atoms with Crippen molar-refractivity contribution in [2.75, 3.05) is 13.1 Å². The Hall–Kier alpha value is -3.91. The lowest BCUT2D eigenvalue weighted by Gasteiger charge is -2.29. The number of hydrogen-bond acceptors (Lipinski definition) is 5. The number of halogens is 1.